The zero-order valence-electron chi connectivity index (χ0n) is 13.0. The minimum Gasteiger partial charge on any atom is -0.326 e. The highest BCUT2D eigenvalue weighted by Crippen LogP contribution is 2.35. The van der Waals surface area contributed by atoms with E-state index >= 15 is 0 Å². The highest BCUT2D eigenvalue weighted by atomic mass is 15.2. The summed E-state index contributed by atoms with van der Waals surface area (Å²) in [6, 6.07) is 10.9. The van der Waals surface area contributed by atoms with Gasteiger partial charge in [-0.3, -0.25) is 0 Å². The third kappa shape index (κ3) is 3.29. The number of hydrogen-bond acceptors (Lipinski definition) is 2. The number of anilines is 2. The summed E-state index contributed by atoms with van der Waals surface area (Å²) in [5.74, 6) is 1.91. The maximum atomic E-state index is 4.67. The van der Waals surface area contributed by atoms with Crippen molar-refractivity contribution in [3.8, 4) is 0 Å². The normalized spacial score (nSPS) is 22.2. The molecule has 1 saturated carbocycles. The summed E-state index contributed by atoms with van der Waals surface area (Å²) in [7, 11) is 0. The Bertz CT molecular complexity index is 565. The summed E-state index contributed by atoms with van der Waals surface area (Å²) < 4.78 is 2.36. The summed E-state index contributed by atoms with van der Waals surface area (Å²) in [4.78, 5) is 4.67. The topological polar surface area (TPSA) is 29.9 Å². The number of aryl methyl sites for hydroxylation is 1. The van der Waals surface area contributed by atoms with Crippen LogP contribution in [-0.2, 0) is 0 Å². The van der Waals surface area contributed by atoms with Crippen LogP contribution in [0.4, 0.5) is 11.6 Å². The van der Waals surface area contributed by atoms with Crippen molar-refractivity contribution in [3.05, 3.63) is 42.2 Å². The Balaban J connectivity index is 1.77. The average molecular weight is 283 g/mol. The molecular formula is C18H25N3. The largest absolute Gasteiger partial charge is 0.326 e. The molecule has 1 aromatic carbocycles. The summed E-state index contributed by atoms with van der Waals surface area (Å²) in [6.07, 6.45) is 8.77. The molecule has 3 nitrogen and oxygen atoms in total. The molecule has 0 unspecified atom stereocenters. The number of rotatable bonds is 4. The molecule has 1 aliphatic carbocycles. The second kappa shape index (κ2) is 6.33. The molecule has 0 bridgehead atoms. The standard InChI is InChI=1S/C18H25N3/c1-3-15-9-11-17(12-10-15)21-13-14(2)19-18(21)20-16-7-5-4-6-8-16/h4-8,13,15,17H,3,9-12H2,1-2H3,(H,19,20). The molecule has 0 aliphatic heterocycles. The van der Waals surface area contributed by atoms with Crippen LogP contribution in [0.5, 0.6) is 0 Å². The van der Waals surface area contributed by atoms with Crippen LogP contribution in [0.15, 0.2) is 36.5 Å². The molecule has 0 saturated heterocycles. The van der Waals surface area contributed by atoms with E-state index in [0.717, 1.165) is 23.2 Å². The van der Waals surface area contributed by atoms with Gasteiger partial charge in [0.1, 0.15) is 0 Å². The molecule has 0 radical (unpaired) electrons. The maximum Gasteiger partial charge on any atom is 0.207 e. The van der Waals surface area contributed by atoms with E-state index < -0.39 is 0 Å². The van der Waals surface area contributed by atoms with Crippen LogP contribution in [0.25, 0.3) is 0 Å². The third-order valence-corrected chi connectivity index (χ3v) is 4.67. The molecule has 0 spiro atoms. The lowest BCUT2D eigenvalue weighted by molar-refractivity contribution is 0.271. The van der Waals surface area contributed by atoms with Gasteiger partial charge in [-0.1, -0.05) is 31.5 Å². The van der Waals surface area contributed by atoms with Gasteiger partial charge in [-0.05, 0) is 50.7 Å². The number of para-hydroxylation sites is 1. The van der Waals surface area contributed by atoms with Crippen LogP contribution in [0.2, 0.25) is 0 Å². The summed E-state index contributed by atoms with van der Waals surface area (Å²) in [5.41, 5.74) is 2.19. The fraction of sp³-hybridized carbons (Fsp3) is 0.500. The van der Waals surface area contributed by atoms with Crippen molar-refractivity contribution in [3.63, 3.8) is 0 Å². The predicted octanol–water partition coefficient (Wildman–Crippen LogP) is 5.08. The van der Waals surface area contributed by atoms with E-state index in [4.69, 9.17) is 0 Å². The van der Waals surface area contributed by atoms with Crippen LogP contribution < -0.4 is 5.32 Å². The van der Waals surface area contributed by atoms with Crippen LogP contribution in [0.3, 0.4) is 0 Å². The number of aromatic nitrogens is 2. The number of nitrogens with one attached hydrogen (secondary N) is 1. The molecule has 112 valence electrons. The van der Waals surface area contributed by atoms with Crippen molar-refractivity contribution in [2.75, 3.05) is 5.32 Å². The fourth-order valence-electron chi connectivity index (χ4n) is 3.37. The van der Waals surface area contributed by atoms with Crippen molar-refractivity contribution in [1.82, 2.24) is 9.55 Å². The highest BCUT2D eigenvalue weighted by Gasteiger charge is 2.23. The Kier molecular flexibility index (Phi) is 4.28. The second-order valence-electron chi connectivity index (χ2n) is 6.19. The number of nitrogens with zero attached hydrogens (tertiary/aromatic N) is 2. The van der Waals surface area contributed by atoms with Gasteiger partial charge >= 0.3 is 0 Å². The molecule has 1 heterocycles. The maximum absolute atomic E-state index is 4.67. The SMILES string of the molecule is CCC1CCC(n2cc(C)nc2Nc2ccccc2)CC1. The van der Waals surface area contributed by atoms with Gasteiger partial charge in [0.25, 0.3) is 0 Å². The monoisotopic (exact) mass is 283 g/mol. The fourth-order valence-corrected chi connectivity index (χ4v) is 3.37. The molecule has 0 atom stereocenters. The number of hydrogen-bond donors (Lipinski definition) is 1. The van der Waals surface area contributed by atoms with Crippen LogP contribution in [-0.4, -0.2) is 9.55 Å². The minimum atomic E-state index is 0.597. The Morgan fingerprint density at radius 1 is 1.14 bits per heavy atom. The first-order valence-electron chi connectivity index (χ1n) is 8.13. The lowest BCUT2D eigenvalue weighted by Crippen LogP contribution is -2.18. The first-order valence-corrected chi connectivity index (χ1v) is 8.13. The van der Waals surface area contributed by atoms with Crippen molar-refractivity contribution in [2.45, 2.75) is 52.0 Å². The van der Waals surface area contributed by atoms with Gasteiger partial charge < -0.3 is 9.88 Å². The van der Waals surface area contributed by atoms with Gasteiger partial charge in [0.05, 0.1) is 5.69 Å². The molecule has 1 aromatic heterocycles. The zero-order chi connectivity index (χ0) is 14.7. The minimum absolute atomic E-state index is 0.597. The van der Waals surface area contributed by atoms with Crippen LogP contribution in [0, 0.1) is 12.8 Å². The summed E-state index contributed by atoms with van der Waals surface area (Å²) in [5, 5.41) is 3.47. The van der Waals surface area contributed by atoms with E-state index in [1.807, 2.05) is 6.07 Å². The zero-order valence-corrected chi connectivity index (χ0v) is 13.0. The Morgan fingerprint density at radius 2 is 1.86 bits per heavy atom. The summed E-state index contributed by atoms with van der Waals surface area (Å²) in [6.45, 7) is 4.39. The third-order valence-electron chi connectivity index (χ3n) is 4.67. The van der Waals surface area contributed by atoms with E-state index in [2.05, 4.69) is 59.2 Å². The van der Waals surface area contributed by atoms with Crippen LogP contribution in [0.1, 0.15) is 50.8 Å². The Hall–Kier alpha value is -1.77. The number of benzene rings is 1. The Morgan fingerprint density at radius 3 is 2.52 bits per heavy atom. The van der Waals surface area contributed by atoms with E-state index in [-0.39, 0.29) is 0 Å². The smallest absolute Gasteiger partial charge is 0.207 e. The molecule has 3 rings (SSSR count). The van der Waals surface area contributed by atoms with E-state index in [0.29, 0.717) is 6.04 Å². The van der Waals surface area contributed by atoms with Crippen molar-refractivity contribution in [1.29, 1.82) is 0 Å². The van der Waals surface area contributed by atoms with Gasteiger partial charge in [-0.2, -0.15) is 0 Å². The lowest BCUT2D eigenvalue weighted by Gasteiger charge is -2.29. The van der Waals surface area contributed by atoms with Crippen LogP contribution >= 0.6 is 0 Å². The van der Waals surface area contributed by atoms with Crippen molar-refractivity contribution >= 4 is 11.6 Å². The van der Waals surface area contributed by atoms with E-state index in [9.17, 15) is 0 Å². The van der Waals surface area contributed by atoms with Gasteiger partial charge in [0.2, 0.25) is 5.95 Å². The van der Waals surface area contributed by atoms with E-state index in [1.54, 1.807) is 0 Å². The highest BCUT2D eigenvalue weighted by molar-refractivity contribution is 5.53. The summed E-state index contributed by atoms with van der Waals surface area (Å²) >= 11 is 0. The van der Waals surface area contributed by atoms with Crippen molar-refractivity contribution < 1.29 is 0 Å². The van der Waals surface area contributed by atoms with Gasteiger partial charge in [0, 0.05) is 17.9 Å². The molecular weight excluding hydrogens is 258 g/mol. The first kappa shape index (κ1) is 14.2. The molecule has 1 aliphatic rings. The Labute approximate surface area is 127 Å². The lowest BCUT2D eigenvalue weighted by atomic mass is 9.84. The predicted molar refractivity (Wildman–Crippen MR) is 88.0 cm³/mol. The molecule has 1 fully saturated rings. The van der Waals surface area contributed by atoms with E-state index in [1.165, 1.54) is 32.1 Å². The quantitative estimate of drug-likeness (QED) is 0.848. The van der Waals surface area contributed by atoms with Gasteiger partial charge in [0.15, 0.2) is 0 Å². The molecule has 21 heavy (non-hydrogen) atoms. The van der Waals surface area contributed by atoms with Gasteiger partial charge in [-0.25, -0.2) is 4.98 Å². The van der Waals surface area contributed by atoms with Crippen molar-refractivity contribution in [2.24, 2.45) is 5.92 Å². The van der Waals surface area contributed by atoms with Gasteiger partial charge in [-0.15, -0.1) is 0 Å². The first-order chi connectivity index (χ1) is 10.3. The molecule has 2 aromatic rings. The molecule has 3 heteroatoms. The average Bonchev–Trinajstić information content (AvgIpc) is 2.89. The second-order valence-corrected chi connectivity index (χ2v) is 6.19. The molecule has 0 amide bonds. The molecule has 1 N–H and O–H groups in total. The number of imidazole rings is 1.